The van der Waals surface area contributed by atoms with Crippen molar-refractivity contribution >= 4 is 22.6 Å². The minimum absolute atomic E-state index is 0.456. The lowest BCUT2D eigenvalue weighted by molar-refractivity contribution is 0.415. The Morgan fingerprint density at radius 2 is 2.28 bits per heavy atom. The van der Waals surface area contributed by atoms with Crippen molar-refractivity contribution in [2.75, 3.05) is 7.11 Å². The molecule has 1 aromatic heterocycles. The third-order valence-electron chi connectivity index (χ3n) is 3.85. The number of ether oxygens (including phenoxy) is 1. The van der Waals surface area contributed by atoms with Gasteiger partial charge in [0.2, 0.25) is 0 Å². The van der Waals surface area contributed by atoms with Crippen LogP contribution in [0.3, 0.4) is 0 Å². The predicted octanol–water partition coefficient (Wildman–Crippen LogP) is 3.44. The van der Waals surface area contributed by atoms with E-state index in [0.717, 1.165) is 41.0 Å². The Morgan fingerprint density at radius 3 is 2.89 bits per heavy atom. The highest BCUT2D eigenvalue weighted by Crippen LogP contribution is 2.40. The molecule has 0 saturated heterocycles. The first-order valence-electron chi connectivity index (χ1n) is 6.32. The molecule has 0 aliphatic heterocycles. The molecular weight excluding hydrogens is 248 g/mol. The summed E-state index contributed by atoms with van der Waals surface area (Å²) in [5.74, 6) is 3.88. The molecule has 2 unspecified atom stereocenters. The van der Waals surface area contributed by atoms with Crippen molar-refractivity contribution in [3.63, 3.8) is 0 Å². The number of alkyl halides is 1. The van der Waals surface area contributed by atoms with Crippen LogP contribution in [0.4, 0.5) is 0 Å². The van der Waals surface area contributed by atoms with Gasteiger partial charge in [-0.15, -0.1) is 11.6 Å². The Labute approximate surface area is 112 Å². The Kier molecular flexibility index (Phi) is 2.94. The molecule has 2 atom stereocenters. The largest absolute Gasteiger partial charge is 0.497 e. The zero-order chi connectivity index (χ0) is 12.7. The van der Waals surface area contributed by atoms with E-state index < -0.39 is 0 Å². The maximum Gasteiger partial charge on any atom is 0.124 e. The zero-order valence-corrected chi connectivity index (χ0v) is 11.4. The van der Waals surface area contributed by atoms with Crippen molar-refractivity contribution in [1.82, 2.24) is 9.55 Å². The molecule has 1 aliphatic carbocycles. The fraction of sp³-hybridized carbons (Fsp3) is 0.500. The number of aromatic nitrogens is 2. The number of benzene rings is 1. The van der Waals surface area contributed by atoms with Crippen molar-refractivity contribution < 1.29 is 4.74 Å². The topological polar surface area (TPSA) is 27.1 Å². The second-order valence-corrected chi connectivity index (χ2v) is 5.37. The first kappa shape index (κ1) is 11.8. The van der Waals surface area contributed by atoms with Gasteiger partial charge in [-0.05, 0) is 30.4 Å². The second-order valence-electron chi connectivity index (χ2n) is 5.10. The summed E-state index contributed by atoms with van der Waals surface area (Å²) in [6, 6.07) is 6.03. The first-order valence-corrected chi connectivity index (χ1v) is 6.85. The molecule has 1 aliphatic rings. The SMILES string of the molecule is COc1ccc2c(c1)nc(CCl)n2CC1CC1C. The van der Waals surface area contributed by atoms with E-state index in [9.17, 15) is 0 Å². The molecule has 1 aromatic carbocycles. The van der Waals surface area contributed by atoms with E-state index in [1.807, 2.05) is 12.1 Å². The van der Waals surface area contributed by atoms with Gasteiger partial charge in [0.05, 0.1) is 24.0 Å². The summed E-state index contributed by atoms with van der Waals surface area (Å²) in [5.41, 5.74) is 2.13. The minimum Gasteiger partial charge on any atom is -0.497 e. The van der Waals surface area contributed by atoms with E-state index in [2.05, 4.69) is 22.5 Å². The second kappa shape index (κ2) is 4.47. The van der Waals surface area contributed by atoms with E-state index in [4.69, 9.17) is 16.3 Å². The molecule has 2 aromatic rings. The molecular formula is C14H17ClN2O. The van der Waals surface area contributed by atoms with Crippen LogP contribution in [0.15, 0.2) is 18.2 Å². The lowest BCUT2D eigenvalue weighted by Gasteiger charge is -2.07. The zero-order valence-electron chi connectivity index (χ0n) is 10.7. The van der Waals surface area contributed by atoms with Gasteiger partial charge in [0.1, 0.15) is 11.6 Å². The van der Waals surface area contributed by atoms with Gasteiger partial charge >= 0.3 is 0 Å². The van der Waals surface area contributed by atoms with E-state index in [0.29, 0.717) is 5.88 Å². The predicted molar refractivity (Wildman–Crippen MR) is 73.1 cm³/mol. The van der Waals surface area contributed by atoms with Crippen LogP contribution in [0, 0.1) is 11.8 Å². The summed E-state index contributed by atoms with van der Waals surface area (Å²) >= 11 is 6.00. The number of imidazole rings is 1. The Balaban J connectivity index is 2.04. The molecule has 3 nitrogen and oxygen atoms in total. The molecule has 96 valence electrons. The van der Waals surface area contributed by atoms with E-state index in [1.165, 1.54) is 6.42 Å². The van der Waals surface area contributed by atoms with Gasteiger partial charge in [-0.3, -0.25) is 0 Å². The summed E-state index contributed by atoms with van der Waals surface area (Å²) in [5, 5.41) is 0. The van der Waals surface area contributed by atoms with Crippen LogP contribution < -0.4 is 4.74 Å². The van der Waals surface area contributed by atoms with Crippen LogP contribution in [-0.2, 0) is 12.4 Å². The quantitative estimate of drug-likeness (QED) is 0.791. The monoisotopic (exact) mass is 264 g/mol. The molecule has 1 heterocycles. The molecule has 3 rings (SSSR count). The Hall–Kier alpha value is -1.22. The summed E-state index contributed by atoms with van der Waals surface area (Å²) < 4.78 is 7.49. The molecule has 0 bridgehead atoms. The molecule has 4 heteroatoms. The van der Waals surface area contributed by atoms with Crippen molar-refractivity contribution in [2.24, 2.45) is 11.8 Å². The van der Waals surface area contributed by atoms with Gasteiger partial charge in [0.25, 0.3) is 0 Å². The van der Waals surface area contributed by atoms with Crippen LogP contribution >= 0.6 is 11.6 Å². The Bertz CT molecular complexity index is 578. The van der Waals surface area contributed by atoms with E-state index in [1.54, 1.807) is 7.11 Å². The molecule has 0 radical (unpaired) electrons. The van der Waals surface area contributed by atoms with Gasteiger partial charge in [0, 0.05) is 12.6 Å². The number of hydrogen-bond acceptors (Lipinski definition) is 2. The van der Waals surface area contributed by atoms with Crippen LogP contribution in [0.1, 0.15) is 19.2 Å². The van der Waals surface area contributed by atoms with E-state index in [-0.39, 0.29) is 0 Å². The van der Waals surface area contributed by atoms with E-state index >= 15 is 0 Å². The van der Waals surface area contributed by atoms with Gasteiger partial charge in [0.15, 0.2) is 0 Å². The smallest absolute Gasteiger partial charge is 0.124 e. The maximum absolute atomic E-state index is 6.00. The maximum atomic E-state index is 6.00. The van der Waals surface area contributed by atoms with Gasteiger partial charge in [-0.25, -0.2) is 4.98 Å². The third kappa shape index (κ3) is 1.97. The fourth-order valence-corrected chi connectivity index (χ4v) is 2.68. The van der Waals surface area contributed by atoms with Crippen LogP contribution in [-0.4, -0.2) is 16.7 Å². The summed E-state index contributed by atoms with van der Waals surface area (Å²) in [7, 11) is 1.67. The molecule has 1 saturated carbocycles. The fourth-order valence-electron chi connectivity index (χ4n) is 2.48. The number of halogens is 1. The minimum atomic E-state index is 0.456. The van der Waals surface area contributed by atoms with Gasteiger partial charge < -0.3 is 9.30 Å². The highest BCUT2D eigenvalue weighted by molar-refractivity contribution is 6.16. The first-order chi connectivity index (χ1) is 8.72. The van der Waals surface area contributed by atoms with Crippen molar-refractivity contribution in [3.05, 3.63) is 24.0 Å². The normalized spacial score (nSPS) is 22.4. The summed E-state index contributed by atoms with van der Waals surface area (Å²) in [6.07, 6.45) is 1.32. The number of hydrogen-bond donors (Lipinski definition) is 0. The third-order valence-corrected chi connectivity index (χ3v) is 4.09. The highest BCUT2D eigenvalue weighted by atomic mass is 35.5. The van der Waals surface area contributed by atoms with Crippen LogP contribution in [0.2, 0.25) is 0 Å². The van der Waals surface area contributed by atoms with Crippen LogP contribution in [0.25, 0.3) is 11.0 Å². The molecule has 0 N–H and O–H groups in total. The summed E-state index contributed by atoms with van der Waals surface area (Å²) in [4.78, 5) is 4.60. The average molecular weight is 265 g/mol. The lowest BCUT2D eigenvalue weighted by Crippen LogP contribution is -2.04. The lowest BCUT2D eigenvalue weighted by atomic mass is 10.3. The van der Waals surface area contributed by atoms with Crippen molar-refractivity contribution in [1.29, 1.82) is 0 Å². The number of rotatable bonds is 4. The number of fused-ring (bicyclic) bond motifs is 1. The number of methoxy groups -OCH3 is 1. The average Bonchev–Trinajstić information content (AvgIpc) is 2.97. The van der Waals surface area contributed by atoms with Crippen molar-refractivity contribution in [2.45, 2.75) is 25.8 Å². The highest BCUT2D eigenvalue weighted by Gasteiger charge is 2.33. The molecule has 0 amide bonds. The van der Waals surface area contributed by atoms with Gasteiger partial charge in [-0.2, -0.15) is 0 Å². The van der Waals surface area contributed by atoms with Crippen molar-refractivity contribution in [3.8, 4) is 5.75 Å². The number of nitrogens with zero attached hydrogens (tertiary/aromatic N) is 2. The molecule has 18 heavy (non-hydrogen) atoms. The summed E-state index contributed by atoms with van der Waals surface area (Å²) in [6.45, 7) is 3.33. The van der Waals surface area contributed by atoms with Crippen LogP contribution in [0.5, 0.6) is 5.75 Å². The molecule has 0 spiro atoms. The molecule has 1 fully saturated rings. The Morgan fingerprint density at radius 1 is 1.50 bits per heavy atom. The standard InChI is InChI=1S/C14H17ClN2O/c1-9-5-10(9)8-17-13-4-3-11(18-2)6-12(13)16-14(17)7-15/h3-4,6,9-10H,5,7-8H2,1-2H3. The van der Waals surface area contributed by atoms with Gasteiger partial charge in [-0.1, -0.05) is 6.92 Å².